The van der Waals surface area contributed by atoms with E-state index in [-0.39, 0.29) is 23.4 Å². The number of nitrogens with two attached hydrogens (primary N) is 1. The molecule has 1 aliphatic heterocycles. The molecular weight excluding hydrogens is 302 g/mol. The van der Waals surface area contributed by atoms with Crippen LogP contribution in [0.25, 0.3) is 0 Å². The van der Waals surface area contributed by atoms with Crippen molar-refractivity contribution in [2.75, 3.05) is 6.54 Å². The zero-order valence-corrected chi connectivity index (χ0v) is 15.4. The molecule has 0 aromatic heterocycles. The van der Waals surface area contributed by atoms with Gasteiger partial charge in [-0.3, -0.25) is 4.79 Å². The Bertz CT molecular complexity index is 475. The predicted molar refractivity (Wildman–Crippen MR) is 96.0 cm³/mol. The Labute approximate surface area is 146 Å². The van der Waals surface area contributed by atoms with Crippen LogP contribution in [-0.2, 0) is 9.59 Å². The average Bonchev–Trinajstić information content (AvgIpc) is 3.03. The molecule has 1 amide bonds. The van der Waals surface area contributed by atoms with Crippen LogP contribution in [0.4, 0.5) is 0 Å². The molecule has 5 nitrogen and oxygen atoms in total. The van der Waals surface area contributed by atoms with Crippen molar-refractivity contribution >= 4 is 12.2 Å². The molecule has 2 rings (SSSR count). The third-order valence-electron chi connectivity index (χ3n) is 5.35. The maximum Gasteiger partial charge on any atom is 0.246 e. The van der Waals surface area contributed by atoms with Gasteiger partial charge in [0.1, 0.15) is 12.3 Å². The molecule has 2 unspecified atom stereocenters. The van der Waals surface area contributed by atoms with Gasteiger partial charge in [-0.1, -0.05) is 40.0 Å². The van der Waals surface area contributed by atoms with Gasteiger partial charge in [0.05, 0.1) is 6.04 Å². The first-order valence-electron chi connectivity index (χ1n) is 9.32. The number of aldehydes is 1. The maximum absolute atomic E-state index is 13.0. The number of hydrogen-bond acceptors (Lipinski definition) is 4. The van der Waals surface area contributed by atoms with Crippen LogP contribution in [0.3, 0.4) is 0 Å². The number of amides is 1. The highest BCUT2D eigenvalue weighted by Crippen LogP contribution is 2.28. The summed E-state index contributed by atoms with van der Waals surface area (Å²) in [6, 6.07) is -0.649. The normalized spacial score (nSPS) is 24.7. The first kappa shape index (κ1) is 18.8. The molecule has 3 N–H and O–H groups in total. The SMILES string of the molecule is CC(C)(C)C(N/C=C(\N)C1CCCCC1)C(=O)N1CCCC1C=O. The Balaban J connectivity index is 2.08. The molecule has 136 valence electrons. The van der Waals surface area contributed by atoms with Gasteiger partial charge in [-0.05, 0) is 37.0 Å². The van der Waals surface area contributed by atoms with Crippen LogP contribution in [0.15, 0.2) is 11.9 Å². The molecule has 5 heteroatoms. The first-order valence-corrected chi connectivity index (χ1v) is 9.32. The van der Waals surface area contributed by atoms with Gasteiger partial charge in [-0.2, -0.15) is 0 Å². The monoisotopic (exact) mass is 335 g/mol. The Morgan fingerprint density at radius 2 is 1.83 bits per heavy atom. The van der Waals surface area contributed by atoms with Crippen molar-refractivity contribution in [2.24, 2.45) is 17.1 Å². The van der Waals surface area contributed by atoms with Crippen molar-refractivity contribution in [3.05, 3.63) is 11.9 Å². The third kappa shape index (κ3) is 4.52. The lowest BCUT2D eigenvalue weighted by Gasteiger charge is -2.35. The summed E-state index contributed by atoms with van der Waals surface area (Å²) in [6.07, 6.45) is 10.4. The molecular formula is C19H33N3O2. The largest absolute Gasteiger partial charge is 0.401 e. The van der Waals surface area contributed by atoms with Gasteiger partial charge in [0, 0.05) is 18.4 Å². The molecule has 24 heavy (non-hydrogen) atoms. The minimum atomic E-state index is -0.375. The van der Waals surface area contributed by atoms with E-state index in [1.807, 2.05) is 27.0 Å². The molecule has 0 bridgehead atoms. The van der Waals surface area contributed by atoms with Gasteiger partial charge in [0.25, 0.3) is 0 Å². The molecule has 1 heterocycles. The molecule has 0 radical (unpaired) electrons. The van der Waals surface area contributed by atoms with Crippen molar-refractivity contribution < 1.29 is 9.59 Å². The highest BCUT2D eigenvalue weighted by atomic mass is 16.2. The van der Waals surface area contributed by atoms with Crippen LogP contribution in [0.5, 0.6) is 0 Å². The second kappa shape index (κ2) is 8.04. The third-order valence-corrected chi connectivity index (χ3v) is 5.35. The minimum absolute atomic E-state index is 0.00444. The van der Waals surface area contributed by atoms with Gasteiger partial charge in [-0.15, -0.1) is 0 Å². The smallest absolute Gasteiger partial charge is 0.246 e. The standard InChI is InChI=1S/C19H33N3O2/c1-19(2,3)17(18(24)22-11-7-10-15(22)13-23)21-12-16(20)14-8-5-4-6-9-14/h12-15,17,21H,4-11,20H2,1-3H3/b16-12-. The second-order valence-corrected chi connectivity index (χ2v) is 8.32. The number of rotatable bonds is 5. The molecule has 1 aliphatic carbocycles. The summed E-state index contributed by atoms with van der Waals surface area (Å²) in [5, 5.41) is 3.28. The number of likely N-dealkylation sites (tertiary alicyclic amines) is 1. The molecule has 0 aromatic carbocycles. The molecule has 0 spiro atoms. The van der Waals surface area contributed by atoms with Gasteiger partial charge in [0.15, 0.2) is 0 Å². The first-order chi connectivity index (χ1) is 11.3. The molecule has 2 aliphatic rings. The van der Waals surface area contributed by atoms with E-state index >= 15 is 0 Å². The quantitative estimate of drug-likeness (QED) is 0.757. The number of carbonyl (C=O) groups is 2. The van der Waals surface area contributed by atoms with Crippen molar-refractivity contribution in [3.63, 3.8) is 0 Å². The number of allylic oxidation sites excluding steroid dienone is 1. The van der Waals surface area contributed by atoms with Crippen LogP contribution in [0.1, 0.15) is 65.7 Å². The summed E-state index contributed by atoms with van der Waals surface area (Å²) in [5.41, 5.74) is 6.86. The summed E-state index contributed by atoms with van der Waals surface area (Å²) >= 11 is 0. The molecule has 1 saturated carbocycles. The van der Waals surface area contributed by atoms with Gasteiger partial charge >= 0.3 is 0 Å². The minimum Gasteiger partial charge on any atom is -0.401 e. The lowest BCUT2D eigenvalue weighted by Crippen LogP contribution is -2.53. The van der Waals surface area contributed by atoms with E-state index in [0.717, 1.165) is 37.7 Å². The number of carbonyl (C=O) groups excluding carboxylic acids is 2. The Morgan fingerprint density at radius 1 is 1.17 bits per heavy atom. The summed E-state index contributed by atoms with van der Waals surface area (Å²) in [6.45, 7) is 6.79. The highest BCUT2D eigenvalue weighted by molar-refractivity contribution is 5.85. The summed E-state index contributed by atoms with van der Waals surface area (Å²) < 4.78 is 0. The Hall–Kier alpha value is -1.52. The molecule has 1 saturated heterocycles. The number of hydrogen-bond donors (Lipinski definition) is 2. The fraction of sp³-hybridized carbons (Fsp3) is 0.789. The van der Waals surface area contributed by atoms with Crippen LogP contribution >= 0.6 is 0 Å². The Morgan fingerprint density at radius 3 is 2.42 bits per heavy atom. The maximum atomic E-state index is 13.0. The van der Waals surface area contributed by atoms with Crippen molar-refractivity contribution in [3.8, 4) is 0 Å². The van der Waals surface area contributed by atoms with Crippen molar-refractivity contribution in [2.45, 2.75) is 77.8 Å². The summed E-state index contributed by atoms with van der Waals surface area (Å²) in [4.78, 5) is 25.9. The predicted octanol–water partition coefficient (Wildman–Crippen LogP) is 2.56. The molecule has 2 fully saturated rings. The average molecular weight is 335 g/mol. The van der Waals surface area contributed by atoms with Crippen LogP contribution in [0.2, 0.25) is 0 Å². The van der Waals surface area contributed by atoms with Crippen molar-refractivity contribution in [1.29, 1.82) is 0 Å². The highest BCUT2D eigenvalue weighted by Gasteiger charge is 2.38. The van der Waals surface area contributed by atoms with Gasteiger partial charge in [-0.25, -0.2) is 0 Å². The van der Waals surface area contributed by atoms with E-state index < -0.39 is 0 Å². The van der Waals surface area contributed by atoms with E-state index in [1.54, 1.807) is 4.90 Å². The van der Waals surface area contributed by atoms with E-state index in [9.17, 15) is 9.59 Å². The topological polar surface area (TPSA) is 75.4 Å². The summed E-state index contributed by atoms with van der Waals surface area (Å²) in [5.74, 6) is 0.432. The second-order valence-electron chi connectivity index (χ2n) is 8.32. The van der Waals surface area contributed by atoms with Crippen LogP contribution in [-0.4, -0.2) is 35.7 Å². The van der Waals surface area contributed by atoms with E-state index in [4.69, 9.17) is 5.73 Å². The summed E-state index contributed by atoms with van der Waals surface area (Å²) in [7, 11) is 0. The van der Waals surface area contributed by atoms with Crippen molar-refractivity contribution in [1.82, 2.24) is 10.2 Å². The van der Waals surface area contributed by atoms with E-state index in [2.05, 4.69) is 5.32 Å². The molecule has 0 aromatic rings. The zero-order chi connectivity index (χ0) is 17.7. The van der Waals surface area contributed by atoms with Gasteiger partial charge < -0.3 is 20.7 Å². The fourth-order valence-corrected chi connectivity index (χ4v) is 3.80. The molecule has 2 atom stereocenters. The van der Waals surface area contributed by atoms with Gasteiger partial charge in [0.2, 0.25) is 5.91 Å². The van der Waals surface area contributed by atoms with Crippen LogP contribution in [0, 0.1) is 11.3 Å². The number of nitrogens with zero attached hydrogens (tertiary/aromatic N) is 1. The zero-order valence-electron chi connectivity index (χ0n) is 15.4. The lowest BCUT2D eigenvalue weighted by atomic mass is 9.85. The van der Waals surface area contributed by atoms with E-state index in [0.29, 0.717) is 12.5 Å². The number of nitrogens with one attached hydrogen (secondary N) is 1. The van der Waals surface area contributed by atoms with Crippen LogP contribution < -0.4 is 11.1 Å². The Kier molecular flexibility index (Phi) is 6.30. The lowest BCUT2D eigenvalue weighted by molar-refractivity contribution is -0.138. The fourth-order valence-electron chi connectivity index (χ4n) is 3.80. The van der Waals surface area contributed by atoms with E-state index in [1.165, 1.54) is 19.3 Å².